The van der Waals surface area contributed by atoms with Crippen molar-refractivity contribution < 1.29 is 27.5 Å². The van der Waals surface area contributed by atoms with E-state index in [1.807, 2.05) is 32.0 Å². The molecule has 0 aliphatic carbocycles. The van der Waals surface area contributed by atoms with Crippen LogP contribution in [0.15, 0.2) is 65.6 Å². The van der Waals surface area contributed by atoms with E-state index in [4.69, 9.17) is 4.74 Å². The number of nitrogens with one attached hydrogen (secondary N) is 2. The molecule has 10 nitrogen and oxygen atoms in total. The zero-order valence-electron chi connectivity index (χ0n) is 22.8. The molecule has 1 aliphatic heterocycles. The van der Waals surface area contributed by atoms with Gasteiger partial charge in [0.05, 0.1) is 30.1 Å². The number of ketones is 1. The van der Waals surface area contributed by atoms with Crippen LogP contribution in [0, 0.1) is 5.92 Å². The minimum absolute atomic E-state index is 0.0607. The van der Waals surface area contributed by atoms with Crippen LogP contribution in [0.5, 0.6) is 5.75 Å². The molecular weight excluding hydrogens is 532 g/mol. The first-order chi connectivity index (χ1) is 19.1. The van der Waals surface area contributed by atoms with Gasteiger partial charge in [-0.2, -0.15) is 4.31 Å². The molecule has 0 bridgehead atoms. The highest BCUT2D eigenvalue weighted by Gasteiger charge is 2.34. The maximum Gasteiger partial charge on any atom is 0.270 e. The van der Waals surface area contributed by atoms with Crippen molar-refractivity contribution in [2.75, 3.05) is 20.2 Å². The van der Waals surface area contributed by atoms with Crippen molar-refractivity contribution in [2.24, 2.45) is 5.92 Å². The van der Waals surface area contributed by atoms with Gasteiger partial charge in [-0.1, -0.05) is 38.1 Å². The lowest BCUT2D eigenvalue weighted by Gasteiger charge is -2.23. The third-order valence-corrected chi connectivity index (χ3v) is 8.65. The zero-order chi connectivity index (χ0) is 28.9. The Balaban J connectivity index is 1.44. The predicted octanol–water partition coefficient (Wildman–Crippen LogP) is 2.93. The number of sulfonamides is 1. The number of para-hydroxylation sites is 1. The number of fused-ring (bicyclic) bond motifs is 1. The summed E-state index contributed by atoms with van der Waals surface area (Å²) >= 11 is 0. The van der Waals surface area contributed by atoms with Gasteiger partial charge in [-0.25, -0.2) is 13.4 Å². The summed E-state index contributed by atoms with van der Waals surface area (Å²) in [5.74, 6) is -0.791. The van der Waals surface area contributed by atoms with E-state index in [0.29, 0.717) is 24.1 Å². The SMILES string of the molecule is COc1ccc(S(=O)(=O)N2CCCC(NC(=O)[C@H](CC(C)C)NC(=O)c3ccc4ccccc4n3)C(=O)C2)cc1. The number of nitrogens with zero attached hydrogens (tertiary/aromatic N) is 2. The maximum atomic E-state index is 13.3. The number of carbonyl (C=O) groups excluding carboxylic acids is 3. The highest BCUT2D eigenvalue weighted by atomic mass is 32.2. The molecule has 0 radical (unpaired) electrons. The Morgan fingerprint density at radius 3 is 2.50 bits per heavy atom. The van der Waals surface area contributed by atoms with Gasteiger partial charge in [0.25, 0.3) is 5.91 Å². The summed E-state index contributed by atoms with van der Waals surface area (Å²) in [4.78, 5) is 43.9. The van der Waals surface area contributed by atoms with Gasteiger partial charge in [0.15, 0.2) is 5.78 Å². The summed E-state index contributed by atoms with van der Waals surface area (Å²) in [6, 6.07) is 15.0. The third kappa shape index (κ3) is 6.83. The van der Waals surface area contributed by atoms with Crippen LogP contribution < -0.4 is 15.4 Å². The fourth-order valence-electron chi connectivity index (χ4n) is 4.65. The van der Waals surface area contributed by atoms with Crippen LogP contribution in [-0.2, 0) is 19.6 Å². The summed E-state index contributed by atoms with van der Waals surface area (Å²) in [6.45, 7) is 3.65. The van der Waals surface area contributed by atoms with Crippen molar-refractivity contribution in [1.82, 2.24) is 19.9 Å². The van der Waals surface area contributed by atoms with Gasteiger partial charge in [0.1, 0.15) is 17.5 Å². The molecule has 1 aromatic heterocycles. The topological polar surface area (TPSA) is 135 Å². The maximum absolute atomic E-state index is 13.3. The first kappa shape index (κ1) is 29.2. The first-order valence-electron chi connectivity index (χ1n) is 13.2. The molecule has 0 spiro atoms. The molecule has 2 aromatic carbocycles. The Bertz CT molecular complexity index is 1490. The number of carbonyl (C=O) groups is 3. The van der Waals surface area contributed by atoms with Gasteiger partial charge in [-0.3, -0.25) is 14.4 Å². The highest BCUT2D eigenvalue weighted by molar-refractivity contribution is 7.89. The molecule has 2 N–H and O–H groups in total. The van der Waals surface area contributed by atoms with Crippen LogP contribution in [0.4, 0.5) is 0 Å². The lowest BCUT2D eigenvalue weighted by atomic mass is 10.0. The van der Waals surface area contributed by atoms with E-state index in [2.05, 4.69) is 15.6 Å². The number of aromatic nitrogens is 1. The number of Topliss-reactive ketones (excluding diaryl/α,β-unsaturated/α-hetero) is 1. The Morgan fingerprint density at radius 1 is 1.07 bits per heavy atom. The summed E-state index contributed by atoms with van der Waals surface area (Å²) in [6.07, 6.45) is 1.02. The predicted molar refractivity (Wildman–Crippen MR) is 150 cm³/mol. The van der Waals surface area contributed by atoms with E-state index in [-0.39, 0.29) is 36.0 Å². The van der Waals surface area contributed by atoms with E-state index < -0.39 is 39.7 Å². The summed E-state index contributed by atoms with van der Waals surface area (Å²) < 4.78 is 32.6. The second-order valence-corrected chi connectivity index (χ2v) is 12.2. The van der Waals surface area contributed by atoms with E-state index in [1.165, 1.54) is 19.2 Å². The summed E-state index contributed by atoms with van der Waals surface area (Å²) in [5, 5.41) is 6.43. The van der Waals surface area contributed by atoms with Crippen molar-refractivity contribution in [1.29, 1.82) is 0 Å². The van der Waals surface area contributed by atoms with Gasteiger partial charge < -0.3 is 15.4 Å². The van der Waals surface area contributed by atoms with Gasteiger partial charge in [-0.15, -0.1) is 0 Å². The van der Waals surface area contributed by atoms with Crippen LogP contribution in [0.2, 0.25) is 0 Å². The van der Waals surface area contributed by atoms with Crippen molar-refractivity contribution in [3.05, 3.63) is 66.4 Å². The van der Waals surface area contributed by atoms with Crippen LogP contribution in [0.25, 0.3) is 10.9 Å². The lowest BCUT2D eigenvalue weighted by Crippen LogP contribution is -2.52. The average molecular weight is 567 g/mol. The fraction of sp³-hybridized carbons (Fsp3) is 0.379. The third-order valence-electron chi connectivity index (χ3n) is 6.79. The van der Waals surface area contributed by atoms with Crippen molar-refractivity contribution in [3.63, 3.8) is 0 Å². The number of amides is 2. The van der Waals surface area contributed by atoms with Crippen molar-refractivity contribution in [2.45, 2.75) is 50.1 Å². The highest BCUT2D eigenvalue weighted by Crippen LogP contribution is 2.22. The van der Waals surface area contributed by atoms with Gasteiger partial charge >= 0.3 is 0 Å². The molecule has 4 rings (SSSR count). The quantitative estimate of drug-likeness (QED) is 0.407. The lowest BCUT2D eigenvalue weighted by molar-refractivity contribution is -0.129. The molecule has 0 saturated carbocycles. The number of hydrogen-bond donors (Lipinski definition) is 2. The van der Waals surface area contributed by atoms with Crippen LogP contribution >= 0.6 is 0 Å². The number of methoxy groups -OCH3 is 1. The van der Waals surface area contributed by atoms with Crippen LogP contribution in [0.1, 0.15) is 43.6 Å². The Labute approximate surface area is 234 Å². The Morgan fingerprint density at radius 2 is 1.80 bits per heavy atom. The smallest absolute Gasteiger partial charge is 0.270 e. The van der Waals surface area contributed by atoms with Crippen LogP contribution in [0.3, 0.4) is 0 Å². The molecule has 1 saturated heterocycles. The molecular formula is C29H34N4O6S. The van der Waals surface area contributed by atoms with E-state index >= 15 is 0 Å². The molecule has 212 valence electrons. The summed E-state index contributed by atoms with van der Waals surface area (Å²) in [7, 11) is -2.42. The van der Waals surface area contributed by atoms with E-state index in [0.717, 1.165) is 9.69 Å². The molecule has 40 heavy (non-hydrogen) atoms. The molecule has 1 aliphatic rings. The van der Waals surface area contributed by atoms with Crippen molar-refractivity contribution >= 4 is 38.5 Å². The number of ether oxygens (including phenoxy) is 1. The molecule has 1 fully saturated rings. The van der Waals surface area contributed by atoms with Gasteiger partial charge in [0, 0.05) is 11.9 Å². The average Bonchev–Trinajstić information content (AvgIpc) is 3.13. The minimum Gasteiger partial charge on any atom is -0.497 e. The number of rotatable bonds is 9. The first-order valence-corrected chi connectivity index (χ1v) is 14.7. The minimum atomic E-state index is -3.91. The van der Waals surface area contributed by atoms with Crippen LogP contribution in [-0.4, -0.2) is 67.6 Å². The molecule has 11 heteroatoms. The normalized spacial score (nSPS) is 17.3. The molecule has 3 aromatic rings. The van der Waals surface area contributed by atoms with Gasteiger partial charge in [-0.05, 0) is 61.6 Å². The monoisotopic (exact) mass is 566 g/mol. The standard InChI is InChI=1S/C29H34N4O6S/c1-19(2)17-26(32-28(35)25-15-10-20-7-4-5-8-23(20)30-25)29(36)31-24-9-6-16-33(18-27(24)34)40(37,38)22-13-11-21(39-3)12-14-22/h4-5,7-8,10-15,19,24,26H,6,9,16-18H2,1-3H3,(H,31,36)(H,32,35)/t24?,26-/m0/s1. The van der Waals surface area contributed by atoms with E-state index in [9.17, 15) is 22.8 Å². The number of benzene rings is 2. The number of hydrogen-bond acceptors (Lipinski definition) is 7. The number of pyridine rings is 1. The Hall–Kier alpha value is -3.83. The second-order valence-electron chi connectivity index (χ2n) is 10.2. The second kappa shape index (κ2) is 12.6. The molecule has 2 amide bonds. The molecule has 2 atom stereocenters. The van der Waals surface area contributed by atoms with Crippen molar-refractivity contribution in [3.8, 4) is 5.75 Å². The zero-order valence-corrected chi connectivity index (χ0v) is 23.6. The van der Waals surface area contributed by atoms with Gasteiger partial charge in [0.2, 0.25) is 15.9 Å². The summed E-state index contributed by atoms with van der Waals surface area (Å²) in [5.41, 5.74) is 0.850. The molecule has 1 unspecified atom stereocenters. The Kier molecular flexibility index (Phi) is 9.16. The fourth-order valence-corrected chi connectivity index (χ4v) is 6.10. The largest absolute Gasteiger partial charge is 0.497 e. The molecule has 2 heterocycles. The van der Waals surface area contributed by atoms with E-state index in [1.54, 1.807) is 30.3 Å².